The number of aryl methyl sites for hydroxylation is 2. The minimum Gasteiger partial charge on any atom is -0.356 e. The third-order valence-electron chi connectivity index (χ3n) is 6.17. The molecule has 3 heterocycles. The van der Waals surface area contributed by atoms with Gasteiger partial charge in [-0.1, -0.05) is 23.4 Å². The van der Waals surface area contributed by atoms with Crippen LogP contribution in [0.4, 0.5) is 0 Å². The normalized spacial score (nSPS) is 16.2. The predicted molar refractivity (Wildman–Crippen MR) is 114 cm³/mol. The van der Waals surface area contributed by atoms with Crippen molar-refractivity contribution in [2.24, 2.45) is 0 Å². The van der Waals surface area contributed by atoms with Crippen molar-refractivity contribution in [1.82, 2.24) is 19.6 Å². The first-order valence-electron chi connectivity index (χ1n) is 10.4. The van der Waals surface area contributed by atoms with Crippen LogP contribution in [0.25, 0.3) is 22.0 Å². The Morgan fingerprint density at radius 2 is 1.97 bits per heavy atom. The zero-order valence-corrected chi connectivity index (χ0v) is 16.7. The molecule has 0 aliphatic carbocycles. The Labute approximate surface area is 169 Å². The molecule has 2 aromatic carbocycles. The average molecular weight is 390 g/mol. The number of para-hydroxylation sites is 1. The number of aromatic amines is 1. The van der Waals surface area contributed by atoms with Crippen LogP contribution in [0, 0.1) is 6.92 Å². The van der Waals surface area contributed by atoms with Crippen molar-refractivity contribution < 1.29 is 4.52 Å². The summed E-state index contributed by atoms with van der Waals surface area (Å²) in [5.41, 5.74) is 5.06. The minimum absolute atomic E-state index is 0.0118. The quantitative estimate of drug-likeness (QED) is 0.558. The Morgan fingerprint density at radius 3 is 2.83 bits per heavy atom. The molecular formula is C23H26N4O2. The summed E-state index contributed by atoms with van der Waals surface area (Å²) >= 11 is 0. The van der Waals surface area contributed by atoms with Gasteiger partial charge in [-0.05, 0) is 75.6 Å². The highest BCUT2D eigenvalue weighted by Crippen LogP contribution is 2.32. The maximum atomic E-state index is 12.3. The van der Waals surface area contributed by atoms with Crippen LogP contribution in [-0.4, -0.2) is 39.2 Å². The van der Waals surface area contributed by atoms with E-state index >= 15 is 0 Å². The highest BCUT2D eigenvalue weighted by atomic mass is 16.5. The van der Waals surface area contributed by atoms with Crippen LogP contribution in [0.5, 0.6) is 0 Å². The molecular weight excluding hydrogens is 364 g/mol. The van der Waals surface area contributed by atoms with Gasteiger partial charge in [0, 0.05) is 17.8 Å². The van der Waals surface area contributed by atoms with Gasteiger partial charge in [0.25, 0.3) is 0 Å². The van der Waals surface area contributed by atoms with Gasteiger partial charge in [-0.2, -0.15) is 0 Å². The van der Waals surface area contributed by atoms with Crippen LogP contribution in [0.1, 0.15) is 36.4 Å². The molecule has 6 nitrogen and oxygen atoms in total. The lowest BCUT2D eigenvalue weighted by molar-refractivity contribution is 0.204. The number of nitrogens with one attached hydrogen (secondary N) is 1. The van der Waals surface area contributed by atoms with Crippen molar-refractivity contribution in [3.8, 4) is 0 Å². The molecule has 0 unspecified atom stereocenters. The maximum Gasteiger partial charge on any atom is 0.326 e. The third kappa shape index (κ3) is 3.49. The fourth-order valence-corrected chi connectivity index (χ4v) is 4.58. The van der Waals surface area contributed by atoms with Gasteiger partial charge in [0.1, 0.15) is 0 Å². The van der Waals surface area contributed by atoms with E-state index in [2.05, 4.69) is 27.2 Å². The molecule has 1 fully saturated rings. The Balaban J connectivity index is 1.18. The molecule has 150 valence electrons. The summed E-state index contributed by atoms with van der Waals surface area (Å²) < 4.78 is 7.35. The molecule has 6 heteroatoms. The number of H-pyrrole nitrogens is 1. The standard InChI is InChI=1S/C23H26N4O2/c1-16-7-8-20-19(15-16)24-23(28)27(20)12-4-11-26-13-9-17(10-14-26)22-18-5-2-3-6-21(18)29-25-22/h2-3,5-8,15,17H,4,9-14H2,1H3,(H,24,28). The monoisotopic (exact) mass is 390 g/mol. The SMILES string of the molecule is Cc1ccc2c(c1)[nH]c(=O)n2CCCN1CCC(c2noc3ccccc23)CC1. The Kier molecular flexibility index (Phi) is 4.72. The summed E-state index contributed by atoms with van der Waals surface area (Å²) in [4.78, 5) is 17.8. The summed E-state index contributed by atoms with van der Waals surface area (Å²) in [5, 5.41) is 5.50. The van der Waals surface area contributed by atoms with Gasteiger partial charge in [-0.15, -0.1) is 0 Å². The number of hydrogen-bond donors (Lipinski definition) is 1. The van der Waals surface area contributed by atoms with E-state index in [1.54, 1.807) is 0 Å². The number of rotatable bonds is 5. The van der Waals surface area contributed by atoms with Crippen LogP contribution in [0.3, 0.4) is 0 Å². The second kappa shape index (κ2) is 7.52. The summed E-state index contributed by atoms with van der Waals surface area (Å²) in [5.74, 6) is 0.467. The highest BCUT2D eigenvalue weighted by molar-refractivity contribution is 5.79. The molecule has 0 amide bonds. The number of nitrogens with zero attached hydrogens (tertiary/aromatic N) is 3. The molecule has 2 aromatic heterocycles. The number of hydrogen-bond acceptors (Lipinski definition) is 4. The van der Waals surface area contributed by atoms with Crippen LogP contribution in [-0.2, 0) is 6.54 Å². The van der Waals surface area contributed by atoms with Gasteiger partial charge >= 0.3 is 5.69 Å². The van der Waals surface area contributed by atoms with Crippen molar-refractivity contribution in [1.29, 1.82) is 0 Å². The summed E-state index contributed by atoms with van der Waals surface area (Å²) in [6.07, 6.45) is 3.17. The van der Waals surface area contributed by atoms with Gasteiger partial charge in [0.2, 0.25) is 0 Å². The van der Waals surface area contributed by atoms with Gasteiger partial charge in [0.15, 0.2) is 5.58 Å². The van der Waals surface area contributed by atoms with Gasteiger partial charge in [-0.25, -0.2) is 4.79 Å². The number of piperidine rings is 1. The summed E-state index contributed by atoms with van der Waals surface area (Å²) in [7, 11) is 0. The average Bonchev–Trinajstić information content (AvgIpc) is 3.29. The Hall–Kier alpha value is -2.86. The molecule has 1 saturated heterocycles. The summed E-state index contributed by atoms with van der Waals surface area (Å²) in [6.45, 7) is 5.93. The molecule has 29 heavy (non-hydrogen) atoms. The van der Waals surface area contributed by atoms with E-state index in [4.69, 9.17) is 4.52 Å². The van der Waals surface area contributed by atoms with Crippen molar-refractivity contribution >= 4 is 22.0 Å². The molecule has 0 spiro atoms. The minimum atomic E-state index is -0.0118. The van der Waals surface area contributed by atoms with E-state index in [1.165, 1.54) is 0 Å². The molecule has 0 radical (unpaired) electrons. The molecule has 4 aromatic rings. The Morgan fingerprint density at radius 1 is 1.14 bits per heavy atom. The number of likely N-dealkylation sites (tertiary alicyclic amines) is 1. The van der Waals surface area contributed by atoms with Crippen molar-refractivity contribution in [3.05, 3.63) is 64.2 Å². The second-order valence-electron chi connectivity index (χ2n) is 8.14. The summed E-state index contributed by atoms with van der Waals surface area (Å²) in [6, 6.07) is 14.3. The van der Waals surface area contributed by atoms with E-state index < -0.39 is 0 Å². The van der Waals surface area contributed by atoms with E-state index in [0.29, 0.717) is 5.92 Å². The van der Waals surface area contributed by atoms with Crippen molar-refractivity contribution in [2.75, 3.05) is 19.6 Å². The van der Waals surface area contributed by atoms with E-state index in [-0.39, 0.29) is 5.69 Å². The fourth-order valence-electron chi connectivity index (χ4n) is 4.58. The van der Waals surface area contributed by atoms with Gasteiger partial charge in [-0.3, -0.25) is 4.57 Å². The molecule has 0 saturated carbocycles. The van der Waals surface area contributed by atoms with Crippen LogP contribution < -0.4 is 5.69 Å². The third-order valence-corrected chi connectivity index (χ3v) is 6.17. The van der Waals surface area contributed by atoms with Crippen molar-refractivity contribution in [3.63, 3.8) is 0 Å². The predicted octanol–water partition coefficient (Wildman–Crippen LogP) is 4.05. The molecule has 5 rings (SSSR count). The molecule has 1 aliphatic rings. The lowest BCUT2D eigenvalue weighted by Crippen LogP contribution is -2.34. The fraction of sp³-hybridized carbons (Fsp3) is 0.391. The Bertz CT molecular complexity index is 1190. The second-order valence-corrected chi connectivity index (χ2v) is 8.14. The van der Waals surface area contributed by atoms with Crippen LogP contribution in [0.15, 0.2) is 51.8 Å². The number of fused-ring (bicyclic) bond motifs is 2. The van der Waals surface area contributed by atoms with Gasteiger partial charge in [0.05, 0.1) is 16.7 Å². The first kappa shape index (κ1) is 18.2. The van der Waals surface area contributed by atoms with Gasteiger partial charge < -0.3 is 14.4 Å². The first-order chi connectivity index (χ1) is 14.2. The number of imidazole rings is 1. The number of aromatic nitrogens is 3. The zero-order chi connectivity index (χ0) is 19.8. The highest BCUT2D eigenvalue weighted by Gasteiger charge is 2.24. The molecule has 0 bridgehead atoms. The largest absolute Gasteiger partial charge is 0.356 e. The van der Waals surface area contributed by atoms with E-state index in [9.17, 15) is 4.79 Å². The van der Waals surface area contributed by atoms with E-state index in [0.717, 1.165) is 78.7 Å². The number of benzene rings is 2. The molecule has 1 N–H and O–H groups in total. The maximum absolute atomic E-state index is 12.3. The lowest BCUT2D eigenvalue weighted by atomic mass is 9.91. The molecule has 1 aliphatic heterocycles. The van der Waals surface area contributed by atoms with E-state index in [1.807, 2.05) is 41.8 Å². The molecule has 0 atom stereocenters. The topological polar surface area (TPSA) is 67.1 Å². The van der Waals surface area contributed by atoms with Crippen LogP contribution in [0.2, 0.25) is 0 Å². The first-order valence-corrected chi connectivity index (χ1v) is 10.4. The van der Waals surface area contributed by atoms with Crippen molar-refractivity contribution in [2.45, 2.75) is 38.6 Å². The smallest absolute Gasteiger partial charge is 0.326 e. The lowest BCUT2D eigenvalue weighted by Gasteiger charge is -2.31. The van der Waals surface area contributed by atoms with Crippen LogP contribution >= 0.6 is 0 Å². The zero-order valence-electron chi connectivity index (χ0n) is 16.7.